The van der Waals surface area contributed by atoms with E-state index < -0.39 is 0 Å². The highest BCUT2D eigenvalue weighted by Gasteiger charge is 2.09. The number of carbonyl (C=O) groups excluding carboxylic acids is 1. The summed E-state index contributed by atoms with van der Waals surface area (Å²) in [4.78, 5) is 16.5. The molecule has 0 unspecified atom stereocenters. The lowest BCUT2D eigenvalue weighted by Gasteiger charge is -2.00. The predicted molar refractivity (Wildman–Crippen MR) is 102 cm³/mol. The van der Waals surface area contributed by atoms with Crippen molar-refractivity contribution in [2.24, 2.45) is 0 Å². The van der Waals surface area contributed by atoms with Crippen molar-refractivity contribution in [1.82, 2.24) is 14.8 Å². The molecule has 0 saturated carbocycles. The second-order valence-electron chi connectivity index (χ2n) is 5.16. The van der Waals surface area contributed by atoms with Crippen molar-refractivity contribution in [2.45, 2.75) is 5.16 Å². The fourth-order valence-electron chi connectivity index (χ4n) is 2.15. The average Bonchev–Trinajstić information content (AvgIpc) is 3.14. The van der Waals surface area contributed by atoms with E-state index in [9.17, 15) is 4.79 Å². The van der Waals surface area contributed by atoms with Crippen molar-refractivity contribution >= 4 is 29.8 Å². The Labute approximate surface area is 150 Å². The van der Waals surface area contributed by atoms with E-state index in [1.165, 1.54) is 28.8 Å². The van der Waals surface area contributed by atoms with Gasteiger partial charge in [0.2, 0.25) is 0 Å². The fraction of sp³-hybridized carbons (Fsp3) is 0.0500. The molecule has 3 rings (SSSR count). The van der Waals surface area contributed by atoms with Gasteiger partial charge in [0.05, 0.1) is 0 Å². The third-order valence-electron chi connectivity index (χ3n) is 3.36. The molecular weight excluding hydrogens is 330 g/mol. The number of hydrogen-bond acceptors (Lipinski definition) is 4. The topological polar surface area (TPSA) is 47.8 Å². The van der Waals surface area contributed by atoms with Crippen LogP contribution in [-0.4, -0.2) is 26.4 Å². The summed E-state index contributed by atoms with van der Waals surface area (Å²) >= 11 is 1.47. The first-order valence-electron chi connectivity index (χ1n) is 7.85. The first-order valence-corrected chi connectivity index (χ1v) is 8.83. The lowest BCUT2D eigenvalue weighted by Crippen LogP contribution is -2.10. The van der Waals surface area contributed by atoms with Crippen molar-refractivity contribution in [3.63, 3.8) is 0 Å². The molecule has 0 spiro atoms. The third-order valence-corrected chi connectivity index (χ3v) is 4.26. The summed E-state index contributed by atoms with van der Waals surface area (Å²) in [6.45, 7) is 0. The van der Waals surface area contributed by atoms with Gasteiger partial charge in [-0.05, 0) is 17.2 Å². The van der Waals surface area contributed by atoms with E-state index in [1.807, 2.05) is 72.8 Å². The average molecular weight is 347 g/mol. The molecule has 0 N–H and O–H groups in total. The minimum absolute atomic E-state index is 0.212. The fourth-order valence-corrected chi connectivity index (χ4v) is 2.88. The Balaban J connectivity index is 1.59. The minimum Gasteiger partial charge on any atom is -0.267 e. The third kappa shape index (κ3) is 5.02. The molecular formula is C20H17N3OS. The monoisotopic (exact) mass is 347 g/mol. The van der Waals surface area contributed by atoms with Crippen molar-refractivity contribution in [3.05, 3.63) is 90.3 Å². The molecule has 0 amide bonds. The summed E-state index contributed by atoms with van der Waals surface area (Å²) in [5.74, 6) is 0.499. The van der Waals surface area contributed by atoms with Gasteiger partial charge in [-0.1, -0.05) is 84.6 Å². The van der Waals surface area contributed by atoms with E-state index in [0.717, 1.165) is 11.1 Å². The number of thioether (sulfide) groups is 1. The van der Waals surface area contributed by atoms with Crippen LogP contribution in [0, 0.1) is 0 Å². The highest BCUT2D eigenvalue weighted by Crippen LogP contribution is 2.15. The van der Waals surface area contributed by atoms with Gasteiger partial charge < -0.3 is 0 Å². The van der Waals surface area contributed by atoms with Crippen LogP contribution in [-0.2, 0) is 0 Å². The number of carbonyl (C=O) groups is 1. The van der Waals surface area contributed by atoms with Gasteiger partial charge in [0, 0.05) is 11.8 Å². The Kier molecular flexibility index (Phi) is 5.96. The molecule has 4 nitrogen and oxygen atoms in total. The molecule has 25 heavy (non-hydrogen) atoms. The van der Waals surface area contributed by atoms with Crippen molar-refractivity contribution in [1.29, 1.82) is 0 Å². The maximum absolute atomic E-state index is 12.3. The maximum atomic E-state index is 12.3. The number of nitrogens with zero attached hydrogens (tertiary/aromatic N) is 3. The van der Waals surface area contributed by atoms with E-state index in [0.29, 0.717) is 10.9 Å². The zero-order valence-corrected chi connectivity index (χ0v) is 14.3. The lowest BCUT2D eigenvalue weighted by molar-refractivity contribution is 0.0943. The van der Waals surface area contributed by atoms with E-state index >= 15 is 0 Å². The van der Waals surface area contributed by atoms with E-state index in [4.69, 9.17) is 0 Å². The van der Waals surface area contributed by atoms with Crippen molar-refractivity contribution < 1.29 is 4.79 Å². The van der Waals surface area contributed by atoms with E-state index in [1.54, 1.807) is 6.08 Å². The standard InChI is InChI=1S/C20H17N3OS/c24-19(14-13-18-10-5-2-6-11-18)23-20(21-16-22-23)25-15-7-12-17-8-3-1-4-9-17/h1-14,16H,15H2. The molecule has 0 fully saturated rings. The van der Waals surface area contributed by atoms with Crippen LogP contribution in [0.1, 0.15) is 15.9 Å². The first-order chi connectivity index (χ1) is 12.3. The highest BCUT2D eigenvalue weighted by molar-refractivity contribution is 7.99. The van der Waals surface area contributed by atoms with E-state index in [2.05, 4.69) is 10.1 Å². The molecule has 0 saturated heterocycles. The van der Waals surface area contributed by atoms with Crippen LogP contribution in [0.4, 0.5) is 0 Å². The second-order valence-corrected chi connectivity index (χ2v) is 6.15. The second kappa shape index (κ2) is 8.80. The Morgan fingerprint density at radius 2 is 1.60 bits per heavy atom. The number of rotatable bonds is 6. The highest BCUT2D eigenvalue weighted by atomic mass is 32.2. The summed E-state index contributed by atoms with van der Waals surface area (Å²) in [5.41, 5.74) is 2.11. The van der Waals surface area contributed by atoms with Crippen LogP contribution in [0.5, 0.6) is 0 Å². The van der Waals surface area contributed by atoms with Crippen LogP contribution >= 0.6 is 11.8 Å². The van der Waals surface area contributed by atoms with Gasteiger partial charge in [-0.3, -0.25) is 4.79 Å². The van der Waals surface area contributed by atoms with Gasteiger partial charge in [-0.15, -0.1) is 0 Å². The van der Waals surface area contributed by atoms with Crippen LogP contribution < -0.4 is 0 Å². The molecule has 3 aromatic rings. The summed E-state index contributed by atoms with van der Waals surface area (Å²) in [6, 6.07) is 19.8. The zero-order valence-electron chi connectivity index (χ0n) is 13.5. The molecule has 1 aromatic heterocycles. The summed E-state index contributed by atoms with van der Waals surface area (Å²) in [7, 11) is 0. The summed E-state index contributed by atoms with van der Waals surface area (Å²) in [5, 5.41) is 4.61. The molecule has 0 radical (unpaired) electrons. The quantitative estimate of drug-likeness (QED) is 0.489. The molecule has 124 valence electrons. The molecule has 5 heteroatoms. The van der Waals surface area contributed by atoms with Crippen LogP contribution in [0.25, 0.3) is 12.2 Å². The summed E-state index contributed by atoms with van der Waals surface area (Å²) < 4.78 is 1.32. The molecule has 0 atom stereocenters. The number of hydrogen-bond donors (Lipinski definition) is 0. The molecule has 0 aliphatic rings. The molecule has 0 bridgehead atoms. The largest absolute Gasteiger partial charge is 0.273 e. The molecule has 0 aliphatic carbocycles. The number of aromatic nitrogens is 3. The van der Waals surface area contributed by atoms with Crippen LogP contribution in [0.2, 0.25) is 0 Å². The Morgan fingerprint density at radius 1 is 0.960 bits per heavy atom. The summed E-state index contributed by atoms with van der Waals surface area (Å²) in [6.07, 6.45) is 8.77. The van der Waals surface area contributed by atoms with Gasteiger partial charge >= 0.3 is 0 Å². The molecule has 2 aromatic carbocycles. The first kappa shape index (κ1) is 16.9. The number of benzene rings is 2. The smallest absolute Gasteiger partial charge is 0.267 e. The maximum Gasteiger partial charge on any atom is 0.273 e. The lowest BCUT2D eigenvalue weighted by atomic mass is 10.2. The van der Waals surface area contributed by atoms with Gasteiger partial charge in [-0.2, -0.15) is 9.78 Å². The predicted octanol–water partition coefficient (Wildman–Crippen LogP) is 4.44. The normalized spacial score (nSPS) is 11.4. The molecule has 0 aliphatic heterocycles. The van der Waals surface area contributed by atoms with Crippen molar-refractivity contribution in [3.8, 4) is 0 Å². The molecule has 1 heterocycles. The zero-order chi connectivity index (χ0) is 17.3. The Hall–Kier alpha value is -2.92. The SMILES string of the molecule is O=C(C=Cc1ccccc1)n1ncnc1SCC=Cc1ccccc1. The Morgan fingerprint density at radius 3 is 2.28 bits per heavy atom. The minimum atomic E-state index is -0.212. The van der Waals surface area contributed by atoms with Gasteiger partial charge in [-0.25, -0.2) is 4.98 Å². The van der Waals surface area contributed by atoms with Gasteiger partial charge in [0.25, 0.3) is 5.91 Å². The van der Waals surface area contributed by atoms with Crippen LogP contribution in [0.3, 0.4) is 0 Å². The van der Waals surface area contributed by atoms with Gasteiger partial charge in [0.15, 0.2) is 5.16 Å². The van der Waals surface area contributed by atoms with Gasteiger partial charge in [0.1, 0.15) is 6.33 Å². The van der Waals surface area contributed by atoms with Crippen molar-refractivity contribution in [2.75, 3.05) is 5.75 Å². The Bertz CT molecular complexity index is 870. The van der Waals surface area contributed by atoms with E-state index in [-0.39, 0.29) is 5.91 Å². The number of allylic oxidation sites excluding steroid dienone is 1. The van der Waals surface area contributed by atoms with Crippen LogP contribution in [0.15, 0.2) is 84.3 Å².